The van der Waals surface area contributed by atoms with E-state index in [1.807, 2.05) is 0 Å². The van der Waals surface area contributed by atoms with E-state index in [-0.39, 0.29) is 6.10 Å². The lowest BCUT2D eigenvalue weighted by molar-refractivity contribution is 0.154. The van der Waals surface area contributed by atoms with Gasteiger partial charge in [0.2, 0.25) is 5.88 Å². The molecule has 0 amide bonds. The number of hydrogen-bond acceptors (Lipinski definition) is 5. The average molecular weight is 436 g/mol. The number of hydrogen-bond donors (Lipinski definition) is 1. The van der Waals surface area contributed by atoms with Crippen LogP contribution < -0.4 is 14.8 Å². The smallest absolute Gasteiger partial charge is 0.234 e. The van der Waals surface area contributed by atoms with Crippen LogP contribution in [0.5, 0.6) is 11.6 Å². The van der Waals surface area contributed by atoms with Gasteiger partial charge < -0.3 is 14.8 Å². The third-order valence-corrected chi connectivity index (χ3v) is 7.39. The first-order valence-corrected chi connectivity index (χ1v) is 12.9. The molecule has 2 aliphatic carbocycles. The predicted octanol–water partition coefficient (Wildman–Crippen LogP) is 6.03. The van der Waals surface area contributed by atoms with Gasteiger partial charge in [-0.1, -0.05) is 37.8 Å². The molecule has 172 valence electrons. The van der Waals surface area contributed by atoms with Gasteiger partial charge in [0, 0.05) is 17.5 Å². The quantitative estimate of drug-likeness (QED) is 0.600. The standard InChI is InChI=1S/C27H37N3O2/c1-3-7-21(8-4-1)27-25(19-26(29-30-27)32-24-15-17-28-18-16-24)20-11-13-23(14-12-20)31-22-9-5-2-6-10-22/h11-14,19,21-22,24,28H,1-10,15-18H2. The Morgan fingerprint density at radius 3 is 2.06 bits per heavy atom. The topological polar surface area (TPSA) is 56.3 Å². The molecular weight excluding hydrogens is 398 g/mol. The Bertz CT molecular complexity index is 852. The summed E-state index contributed by atoms with van der Waals surface area (Å²) in [7, 11) is 0. The minimum Gasteiger partial charge on any atom is -0.490 e. The highest BCUT2D eigenvalue weighted by molar-refractivity contribution is 5.68. The normalized spacial score (nSPS) is 21.4. The second-order valence-electron chi connectivity index (χ2n) is 9.79. The van der Waals surface area contributed by atoms with Crippen molar-refractivity contribution in [3.05, 3.63) is 36.0 Å². The summed E-state index contributed by atoms with van der Waals surface area (Å²) < 4.78 is 12.5. The lowest BCUT2D eigenvalue weighted by Gasteiger charge is -2.25. The molecule has 2 heterocycles. The van der Waals surface area contributed by atoms with Crippen molar-refractivity contribution in [1.82, 2.24) is 15.5 Å². The van der Waals surface area contributed by atoms with Crippen LogP contribution in [0.4, 0.5) is 0 Å². The van der Waals surface area contributed by atoms with E-state index in [0.717, 1.165) is 37.4 Å². The summed E-state index contributed by atoms with van der Waals surface area (Å²) in [6, 6.07) is 10.8. The molecule has 2 saturated carbocycles. The van der Waals surface area contributed by atoms with Crippen LogP contribution in [0.3, 0.4) is 0 Å². The lowest BCUT2D eigenvalue weighted by Crippen LogP contribution is -2.34. The van der Waals surface area contributed by atoms with Gasteiger partial charge in [-0.25, -0.2) is 0 Å². The van der Waals surface area contributed by atoms with E-state index in [0.29, 0.717) is 17.9 Å². The highest BCUT2D eigenvalue weighted by Crippen LogP contribution is 2.38. The number of nitrogens with zero attached hydrogens (tertiary/aromatic N) is 2. The van der Waals surface area contributed by atoms with E-state index < -0.39 is 0 Å². The molecule has 1 aromatic carbocycles. The zero-order chi connectivity index (χ0) is 21.6. The van der Waals surface area contributed by atoms with Crippen molar-refractivity contribution in [3.8, 4) is 22.8 Å². The maximum absolute atomic E-state index is 6.26. The van der Waals surface area contributed by atoms with E-state index in [2.05, 4.69) is 40.7 Å². The minimum absolute atomic E-state index is 0.227. The first kappa shape index (κ1) is 21.7. The molecule has 1 aliphatic heterocycles. The van der Waals surface area contributed by atoms with Crippen LogP contribution in [-0.2, 0) is 0 Å². The van der Waals surface area contributed by atoms with Crippen molar-refractivity contribution in [2.24, 2.45) is 0 Å². The van der Waals surface area contributed by atoms with Gasteiger partial charge in [0.05, 0.1) is 11.8 Å². The fraction of sp³-hybridized carbons (Fsp3) is 0.630. The van der Waals surface area contributed by atoms with Crippen LogP contribution in [0.1, 0.15) is 88.7 Å². The van der Waals surface area contributed by atoms with E-state index in [9.17, 15) is 0 Å². The molecule has 1 aromatic heterocycles. The Balaban J connectivity index is 1.38. The molecule has 0 unspecified atom stereocenters. The maximum atomic E-state index is 6.26. The first-order chi connectivity index (χ1) is 15.8. The van der Waals surface area contributed by atoms with Gasteiger partial charge >= 0.3 is 0 Å². The van der Waals surface area contributed by atoms with Gasteiger partial charge in [-0.3, -0.25) is 0 Å². The fourth-order valence-electron chi connectivity index (χ4n) is 5.52. The highest BCUT2D eigenvalue weighted by atomic mass is 16.5. The molecule has 0 spiro atoms. The zero-order valence-corrected chi connectivity index (χ0v) is 19.2. The van der Waals surface area contributed by atoms with Crippen LogP contribution in [0, 0.1) is 0 Å². The fourth-order valence-corrected chi connectivity index (χ4v) is 5.52. The van der Waals surface area contributed by atoms with Crippen molar-refractivity contribution in [2.45, 2.75) is 95.2 Å². The van der Waals surface area contributed by atoms with E-state index in [1.54, 1.807) is 0 Å². The van der Waals surface area contributed by atoms with Crippen LogP contribution in [0.15, 0.2) is 30.3 Å². The van der Waals surface area contributed by atoms with Gasteiger partial charge in [-0.15, -0.1) is 5.10 Å². The van der Waals surface area contributed by atoms with Crippen LogP contribution in [0.25, 0.3) is 11.1 Å². The van der Waals surface area contributed by atoms with Gasteiger partial charge in [-0.2, -0.15) is 5.10 Å². The number of ether oxygens (including phenoxy) is 2. The Kier molecular flexibility index (Phi) is 7.22. The molecule has 5 heteroatoms. The summed E-state index contributed by atoms with van der Waals surface area (Å²) >= 11 is 0. The van der Waals surface area contributed by atoms with Crippen molar-refractivity contribution in [3.63, 3.8) is 0 Å². The van der Waals surface area contributed by atoms with E-state index >= 15 is 0 Å². The monoisotopic (exact) mass is 435 g/mol. The molecule has 32 heavy (non-hydrogen) atoms. The van der Waals surface area contributed by atoms with Gasteiger partial charge in [0.1, 0.15) is 11.9 Å². The predicted molar refractivity (Wildman–Crippen MR) is 127 cm³/mol. The summed E-state index contributed by atoms with van der Waals surface area (Å²) in [4.78, 5) is 0. The van der Waals surface area contributed by atoms with Gasteiger partial charge in [-0.05, 0) is 82.2 Å². The summed E-state index contributed by atoms with van der Waals surface area (Å²) in [5, 5.41) is 12.6. The molecule has 0 bridgehead atoms. The number of benzene rings is 1. The second-order valence-corrected chi connectivity index (χ2v) is 9.79. The van der Waals surface area contributed by atoms with Crippen LogP contribution in [-0.4, -0.2) is 35.5 Å². The van der Waals surface area contributed by atoms with Crippen LogP contribution >= 0.6 is 0 Å². The molecule has 0 atom stereocenters. The number of piperidine rings is 1. The molecule has 2 aromatic rings. The average Bonchev–Trinajstić information content (AvgIpc) is 2.86. The summed E-state index contributed by atoms with van der Waals surface area (Å²) in [6.45, 7) is 2.02. The van der Waals surface area contributed by atoms with Crippen molar-refractivity contribution >= 4 is 0 Å². The lowest BCUT2D eigenvalue weighted by atomic mass is 9.84. The molecular formula is C27H37N3O2. The molecule has 0 radical (unpaired) electrons. The van der Waals surface area contributed by atoms with E-state index in [1.165, 1.54) is 75.3 Å². The Hall–Kier alpha value is -2.14. The number of aromatic nitrogens is 2. The molecule has 1 N–H and O–H groups in total. The summed E-state index contributed by atoms with van der Waals surface area (Å²) in [5.74, 6) is 2.14. The van der Waals surface area contributed by atoms with Crippen molar-refractivity contribution < 1.29 is 9.47 Å². The molecule has 5 nitrogen and oxygen atoms in total. The SMILES string of the molecule is c1cc(-c2cc(OC3CCNCC3)nnc2C2CCCCC2)ccc1OC1CCCCC1. The first-order valence-electron chi connectivity index (χ1n) is 12.9. The van der Waals surface area contributed by atoms with Gasteiger partial charge in [0.25, 0.3) is 0 Å². The molecule has 3 fully saturated rings. The third-order valence-electron chi connectivity index (χ3n) is 7.39. The third kappa shape index (κ3) is 5.43. The summed E-state index contributed by atoms with van der Waals surface area (Å²) in [5.41, 5.74) is 3.51. The minimum atomic E-state index is 0.227. The van der Waals surface area contributed by atoms with E-state index in [4.69, 9.17) is 14.6 Å². The Morgan fingerprint density at radius 1 is 0.688 bits per heavy atom. The second kappa shape index (κ2) is 10.7. The summed E-state index contributed by atoms with van der Waals surface area (Å²) in [6.07, 6.45) is 15.3. The molecule has 3 aliphatic rings. The number of rotatable bonds is 6. The van der Waals surface area contributed by atoms with Crippen LogP contribution in [0.2, 0.25) is 0 Å². The highest BCUT2D eigenvalue weighted by Gasteiger charge is 2.23. The zero-order valence-electron chi connectivity index (χ0n) is 19.2. The largest absolute Gasteiger partial charge is 0.490 e. The van der Waals surface area contributed by atoms with Crippen molar-refractivity contribution in [2.75, 3.05) is 13.1 Å². The molecule has 1 saturated heterocycles. The maximum Gasteiger partial charge on any atom is 0.234 e. The van der Waals surface area contributed by atoms with Crippen molar-refractivity contribution in [1.29, 1.82) is 0 Å². The molecule has 5 rings (SSSR count). The van der Waals surface area contributed by atoms with Gasteiger partial charge in [0.15, 0.2) is 0 Å². The number of nitrogens with one attached hydrogen (secondary N) is 1. The Labute approximate surface area is 192 Å². The Morgan fingerprint density at radius 2 is 1.34 bits per heavy atom.